The normalized spacial score (nSPS) is 10.7. The fourth-order valence-electron chi connectivity index (χ4n) is 1.30. The Morgan fingerprint density at radius 1 is 1.38 bits per heavy atom. The molecule has 1 aromatic rings. The van der Waals surface area contributed by atoms with Crippen molar-refractivity contribution in [2.75, 3.05) is 5.73 Å². The zero-order chi connectivity index (χ0) is 12.1. The summed E-state index contributed by atoms with van der Waals surface area (Å²) >= 11 is 0. The molecule has 1 rings (SSSR count). The van der Waals surface area contributed by atoms with Gasteiger partial charge in [0.15, 0.2) is 6.61 Å². The molecule has 0 aliphatic rings. The van der Waals surface area contributed by atoms with Gasteiger partial charge in [0, 0.05) is 0 Å². The Labute approximate surface area is 92.4 Å². The Morgan fingerprint density at radius 3 is 2.44 bits per heavy atom. The van der Waals surface area contributed by atoms with Crippen LogP contribution in [0.25, 0.3) is 0 Å². The molecule has 16 heavy (non-hydrogen) atoms. The van der Waals surface area contributed by atoms with Crippen molar-refractivity contribution in [2.24, 2.45) is 5.92 Å². The molecular formula is C10H15NO5. The molecule has 0 amide bonds. The molecule has 0 bridgehead atoms. The van der Waals surface area contributed by atoms with E-state index in [1.54, 1.807) is 0 Å². The van der Waals surface area contributed by atoms with Gasteiger partial charge in [0.2, 0.25) is 11.6 Å². The van der Waals surface area contributed by atoms with Crippen molar-refractivity contribution < 1.29 is 18.4 Å². The lowest BCUT2D eigenvalue weighted by atomic mass is 10.0. The summed E-state index contributed by atoms with van der Waals surface area (Å²) in [5, 5.41) is 0. The number of rotatable bonds is 5. The Bertz CT molecular complexity index is 402. The van der Waals surface area contributed by atoms with Gasteiger partial charge in [-0.15, -0.1) is 0 Å². The van der Waals surface area contributed by atoms with Crippen LogP contribution in [0, 0.1) is 5.92 Å². The third-order valence-electron chi connectivity index (χ3n) is 2.34. The van der Waals surface area contributed by atoms with Crippen molar-refractivity contribution in [3.05, 3.63) is 16.4 Å². The first-order valence-electron chi connectivity index (χ1n) is 5.13. The van der Waals surface area contributed by atoms with Crippen LogP contribution in [0.15, 0.2) is 13.6 Å². The lowest BCUT2D eigenvalue weighted by Crippen LogP contribution is -2.16. The van der Waals surface area contributed by atoms with Crippen LogP contribution in [-0.4, -0.2) is 5.97 Å². The largest absolute Gasteiger partial charge is 0.520 e. The van der Waals surface area contributed by atoms with Gasteiger partial charge >= 0.3 is 11.8 Å². The number of carbonyl (C=O) groups excluding carboxylic acids is 1. The van der Waals surface area contributed by atoms with Crippen LogP contribution in [0.5, 0.6) is 0 Å². The molecule has 0 saturated heterocycles. The van der Waals surface area contributed by atoms with Crippen molar-refractivity contribution in [1.29, 1.82) is 0 Å². The quantitative estimate of drug-likeness (QED) is 0.764. The van der Waals surface area contributed by atoms with Crippen molar-refractivity contribution in [3.63, 3.8) is 0 Å². The van der Waals surface area contributed by atoms with Crippen molar-refractivity contribution in [1.82, 2.24) is 0 Å². The van der Waals surface area contributed by atoms with Gasteiger partial charge in [0.25, 0.3) is 0 Å². The minimum atomic E-state index is -0.897. The van der Waals surface area contributed by atoms with Crippen LogP contribution in [0.4, 0.5) is 5.88 Å². The van der Waals surface area contributed by atoms with E-state index in [2.05, 4.69) is 8.83 Å². The van der Waals surface area contributed by atoms with E-state index in [-0.39, 0.29) is 30.1 Å². The van der Waals surface area contributed by atoms with E-state index in [4.69, 9.17) is 10.5 Å². The van der Waals surface area contributed by atoms with E-state index < -0.39 is 5.82 Å². The molecule has 0 radical (unpaired) electrons. The van der Waals surface area contributed by atoms with Crippen LogP contribution in [0.1, 0.15) is 32.4 Å². The Hall–Kier alpha value is -1.72. The molecule has 1 heterocycles. The highest BCUT2D eigenvalue weighted by Crippen LogP contribution is 2.14. The van der Waals surface area contributed by atoms with Gasteiger partial charge in [0.05, 0.1) is 5.92 Å². The molecule has 0 fully saturated rings. The van der Waals surface area contributed by atoms with Gasteiger partial charge < -0.3 is 19.3 Å². The van der Waals surface area contributed by atoms with E-state index in [1.165, 1.54) is 0 Å². The Balaban J connectivity index is 2.54. The van der Waals surface area contributed by atoms with Gasteiger partial charge in [-0.25, -0.2) is 4.79 Å². The molecule has 0 atom stereocenters. The topological polar surface area (TPSA) is 95.7 Å². The first kappa shape index (κ1) is 12.4. The summed E-state index contributed by atoms with van der Waals surface area (Å²) in [5.41, 5.74) is 5.32. The average Bonchev–Trinajstić information content (AvgIpc) is 2.56. The summed E-state index contributed by atoms with van der Waals surface area (Å²) in [7, 11) is 0. The van der Waals surface area contributed by atoms with Gasteiger partial charge in [-0.1, -0.05) is 13.8 Å². The lowest BCUT2D eigenvalue weighted by Gasteiger charge is -2.10. The number of nitrogens with two attached hydrogens (primary N) is 1. The highest BCUT2D eigenvalue weighted by molar-refractivity contribution is 5.72. The molecule has 1 aromatic heterocycles. The maximum absolute atomic E-state index is 11.5. The van der Waals surface area contributed by atoms with Crippen LogP contribution in [0.3, 0.4) is 0 Å². The van der Waals surface area contributed by atoms with Crippen molar-refractivity contribution in [2.45, 2.75) is 33.3 Å². The zero-order valence-corrected chi connectivity index (χ0v) is 9.32. The second-order valence-corrected chi connectivity index (χ2v) is 3.36. The molecule has 6 nitrogen and oxygen atoms in total. The predicted octanol–water partition coefficient (Wildman–Crippen LogP) is 1.29. The number of hydrogen-bond donors (Lipinski definition) is 1. The minimum Gasteiger partial charge on any atom is -0.457 e. The molecule has 0 unspecified atom stereocenters. The summed E-state index contributed by atoms with van der Waals surface area (Å²) in [5.74, 6) is -1.47. The molecule has 6 heteroatoms. The third-order valence-corrected chi connectivity index (χ3v) is 2.34. The van der Waals surface area contributed by atoms with E-state index >= 15 is 0 Å². The smallest absolute Gasteiger partial charge is 0.457 e. The van der Waals surface area contributed by atoms with Gasteiger partial charge in [-0.2, -0.15) is 0 Å². The minimum absolute atomic E-state index is 0.0457. The van der Waals surface area contributed by atoms with Gasteiger partial charge in [0.1, 0.15) is 0 Å². The number of anilines is 1. The Morgan fingerprint density at radius 2 is 2.00 bits per heavy atom. The van der Waals surface area contributed by atoms with Crippen molar-refractivity contribution >= 4 is 11.9 Å². The van der Waals surface area contributed by atoms with E-state index in [9.17, 15) is 9.59 Å². The average molecular weight is 229 g/mol. The van der Waals surface area contributed by atoms with E-state index in [0.717, 1.165) is 0 Å². The zero-order valence-electron chi connectivity index (χ0n) is 9.32. The van der Waals surface area contributed by atoms with E-state index in [0.29, 0.717) is 12.8 Å². The highest BCUT2D eigenvalue weighted by Gasteiger charge is 2.18. The summed E-state index contributed by atoms with van der Waals surface area (Å²) < 4.78 is 14.0. The highest BCUT2D eigenvalue weighted by atomic mass is 16.6. The summed E-state index contributed by atoms with van der Waals surface area (Å²) in [6.45, 7) is 3.64. The van der Waals surface area contributed by atoms with E-state index in [1.807, 2.05) is 13.8 Å². The first-order valence-corrected chi connectivity index (χ1v) is 5.13. The lowest BCUT2D eigenvalue weighted by molar-refractivity contribution is -0.150. The molecule has 2 N–H and O–H groups in total. The summed E-state index contributed by atoms with van der Waals surface area (Å²) in [6.07, 6.45) is 1.42. The molecule has 0 aromatic carbocycles. The molecule has 0 aliphatic heterocycles. The molecule has 90 valence electrons. The van der Waals surface area contributed by atoms with Crippen LogP contribution in [0.2, 0.25) is 0 Å². The monoisotopic (exact) mass is 229 g/mol. The summed E-state index contributed by atoms with van der Waals surface area (Å²) in [4.78, 5) is 22.1. The SMILES string of the molecule is CCC(CC)C(=O)OCc1oc(=O)oc1N. The molecule has 0 aliphatic carbocycles. The number of ether oxygens (including phenoxy) is 1. The molecule has 0 saturated carbocycles. The third kappa shape index (κ3) is 2.88. The van der Waals surface area contributed by atoms with Crippen molar-refractivity contribution in [3.8, 4) is 0 Å². The van der Waals surface area contributed by atoms with Gasteiger partial charge in [-0.3, -0.25) is 4.79 Å². The van der Waals surface area contributed by atoms with Crippen LogP contribution in [-0.2, 0) is 16.1 Å². The van der Waals surface area contributed by atoms with Gasteiger partial charge in [-0.05, 0) is 12.8 Å². The second-order valence-electron chi connectivity index (χ2n) is 3.36. The predicted molar refractivity (Wildman–Crippen MR) is 55.5 cm³/mol. The number of esters is 1. The first-order chi connectivity index (χ1) is 7.58. The maximum Gasteiger partial charge on any atom is 0.520 e. The Kier molecular flexibility index (Phi) is 4.16. The molecular weight excluding hydrogens is 214 g/mol. The number of nitrogen functional groups attached to an aromatic ring is 1. The fourth-order valence-corrected chi connectivity index (χ4v) is 1.30. The second kappa shape index (κ2) is 5.39. The number of carbonyl (C=O) groups is 1. The summed E-state index contributed by atoms with van der Waals surface area (Å²) in [6, 6.07) is 0. The van der Waals surface area contributed by atoms with Crippen LogP contribution < -0.4 is 11.6 Å². The van der Waals surface area contributed by atoms with Crippen LogP contribution >= 0.6 is 0 Å². The maximum atomic E-state index is 11.5. The number of hydrogen-bond acceptors (Lipinski definition) is 6. The standard InChI is InChI=1S/C10H15NO5/c1-3-6(4-2)9(12)14-5-7-8(11)16-10(13)15-7/h6H,3-5,11H2,1-2H3. The molecule has 0 spiro atoms. The fraction of sp³-hybridized carbons (Fsp3) is 0.600.